The summed E-state index contributed by atoms with van der Waals surface area (Å²) in [5.41, 5.74) is 0. The molecule has 0 saturated carbocycles. The summed E-state index contributed by atoms with van der Waals surface area (Å²) in [7, 11) is 0. The van der Waals surface area contributed by atoms with E-state index in [1.54, 1.807) is 0 Å². The summed E-state index contributed by atoms with van der Waals surface area (Å²) in [6.45, 7) is 0. The van der Waals surface area contributed by atoms with Crippen molar-refractivity contribution in [3.63, 3.8) is 0 Å². The Hall–Kier alpha value is 0.675. The second-order valence-electron chi connectivity index (χ2n) is 1.65. The summed E-state index contributed by atoms with van der Waals surface area (Å²) in [5.74, 6) is 0. The molecule has 1 rings (SSSR count). The standard InChI is InChI=1S/C5H5.2Li.H/c1-2-4-5-3-1;;;/h1-3H,4H2;;;. The fourth-order valence-electron chi connectivity index (χ4n) is 0.554. The van der Waals surface area contributed by atoms with Crippen molar-refractivity contribution >= 4 is 36.6 Å². The van der Waals surface area contributed by atoms with Gasteiger partial charge in [-0.25, -0.2) is 0 Å². The summed E-state index contributed by atoms with van der Waals surface area (Å²) in [5, 5.41) is 0. The molecule has 0 aromatic carbocycles. The quantitative estimate of drug-likeness (QED) is 0.368. The monoisotopic (exact) mass is 80.1 g/mol. The third-order valence-electron chi connectivity index (χ3n) is 0.957. The molecule has 0 aromatic heterocycles. The van der Waals surface area contributed by atoms with Gasteiger partial charge >= 0.3 is 65.5 Å². The molecule has 1 aliphatic rings. The summed E-state index contributed by atoms with van der Waals surface area (Å²) in [6.07, 6.45) is 7.56. The first-order valence-electron chi connectivity index (χ1n) is 2.22. The van der Waals surface area contributed by atoms with E-state index in [9.17, 15) is 0 Å². The van der Waals surface area contributed by atoms with Gasteiger partial charge in [0, 0.05) is 0 Å². The molecule has 0 bridgehead atoms. The first kappa shape index (κ1) is 7.67. The van der Waals surface area contributed by atoms with Crippen molar-refractivity contribution in [3.8, 4) is 0 Å². The summed E-state index contributed by atoms with van der Waals surface area (Å²) < 4.78 is 1.47. The molecule has 0 radical (unpaired) electrons. The van der Waals surface area contributed by atoms with E-state index in [0.29, 0.717) is 0 Å². The second kappa shape index (κ2) is 3.65. The van der Waals surface area contributed by atoms with Crippen LogP contribution < -0.4 is 0 Å². The Balaban J connectivity index is 0.000000360. The van der Waals surface area contributed by atoms with Crippen LogP contribution in [0.5, 0.6) is 0 Å². The van der Waals surface area contributed by atoms with E-state index in [1.807, 2.05) is 0 Å². The van der Waals surface area contributed by atoms with Crippen LogP contribution in [0.1, 0.15) is 6.42 Å². The van der Waals surface area contributed by atoms with Crippen LogP contribution >= 0.6 is 0 Å². The van der Waals surface area contributed by atoms with Crippen LogP contribution in [0, 0.1) is 0 Å². The topological polar surface area (TPSA) is 0 Å². The first-order chi connectivity index (χ1) is 2.89. The Morgan fingerprint density at radius 3 is 2.43 bits per heavy atom. The zero-order valence-electron chi connectivity index (χ0n) is 3.94. The van der Waals surface area contributed by atoms with Gasteiger partial charge in [0.2, 0.25) is 0 Å². The summed E-state index contributed by atoms with van der Waals surface area (Å²) in [4.78, 5) is 0. The molecule has 0 N–H and O–H groups in total. The van der Waals surface area contributed by atoms with Crippen molar-refractivity contribution in [2.75, 3.05) is 0 Å². The molecular formula is C5H6Li2. The van der Waals surface area contributed by atoms with E-state index in [0.717, 1.165) is 0 Å². The van der Waals surface area contributed by atoms with Gasteiger partial charge in [0.25, 0.3) is 0 Å². The van der Waals surface area contributed by atoms with Crippen molar-refractivity contribution in [1.29, 1.82) is 0 Å². The summed E-state index contributed by atoms with van der Waals surface area (Å²) in [6, 6.07) is 0. The molecule has 0 fully saturated rings. The minimum atomic E-state index is 0. The van der Waals surface area contributed by atoms with Crippen molar-refractivity contribution in [1.82, 2.24) is 0 Å². The van der Waals surface area contributed by atoms with Crippen LogP contribution in [-0.4, -0.2) is 36.6 Å². The van der Waals surface area contributed by atoms with Gasteiger partial charge in [-0.2, -0.15) is 0 Å². The van der Waals surface area contributed by atoms with E-state index >= 15 is 0 Å². The van der Waals surface area contributed by atoms with E-state index in [-0.39, 0.29) is 18.9 Å². The third-order valence-corrected chi connectivity index (χ3v) is 0.957. The molecule has 0 heterocycles. The van der Waals surface area contributed by atoms with Crippen molar-refractivity contribution in [2.45, 2.75) is 6.42 Å². The molecule has 0 atom stereocenters. The Morgan fingerprint density at radius 2 is 2.29 bits per heavy atom. The Morgan fingerprint density at radius 1 is 1.57 bits per heavy atom. The number of hydrogen-bond acceptors (Lipinski definition) is 0. The van der Waals surface area contributed by atoms with Gasteiger partial charge in [0.1, 0.15) is 0 Å². The predicted octanol–water partition coefficient (Wildman–Crippen LogP) is 0.350. The Kier molecular flexibility index (Phi) is 4.00. The van der Waals surface area contributed by atoms with E-state index < -0.39 is 0 Å². The van der Waals surface area contributed by atoms with E-state index in [2.05, 4.69) is 35.9 Å². The van der Waals surface area contributed by atoms with Gasteiger partial charge in [-0.15, -0.1) is 0 Å². The van der Waals surface area contributed by atoms with Gasteiger partial charge in [-0.3, -0.25) is 0 Å². The number of rotatable bonds is 0. The zero-order chi connectivity index (χ0) is 4.41. The van der Waals surface area contributed by atoms with Gasteiger partial charge in [0.05, 0.1) is 0 Å². The fraction of sp³-hybridized carbons (Fsp3) is 0.200. The normalized spacial score (nSPS) is 16.0. The van der Waals surface area contributed by atoms with Gasteiger partial charge in [0.15, 0.2) is 0 Å². The van der Waals surface area contributed by atoms with Crippen LogP contribution in [0.4, 0.5) is 0 Å². The van der Waals surface area contributed by atoms with E-state index in [1.165, 1.54) is 10.7 Å². The van der Waals surface area contributed by atoms with Crippen LogP contribution in [0.3, 0.4) is 0 Å². The maximum absolute atomic E-state index is 2.16. The maximum atomic E-state index is 2.16. The minimum absolute atomic E-state index is 0. The average molecular weight is 80.0 g/mol. The van der Waals surface area contributed by atoms with Crippen molar-refractivity contribution in [3.05, 3.63) is 22.5 Å². The number of allylic oxidation sites excluding steroid dienone is 4. The molecule has 0 amide bonds. The Labute approximate surface area is 65.4 Å². The van der Waals surface area contributed by atoms with Gasteiger partial charge in [-0.05, 0) is 0 Å². The Bertz CT molecular complexity index is 103. The predicted molar refractivity (Wildman–Crippen MR) is 34.7 cm³/mol. The first-order valence-corrected chi connectivity index (χ1v) is 2.22. The van der Waals surface area contributed by atoms with Crippen molar-refractivity contribution < 1.29 is 0 Å². The molecule has 2 heteroatoms. The molecule has 0 spiro atoms. The molecule has 28 valence electrons. The van der Waals surface area contributed by atoms with E-state index in [4.69, 9.17) is 0 Å². The fourth-order valence-corrected chi connectivity index (χ4v) is 0.554. The van der Waals surface area contributed by atoms with Crippen molar-refractivity contribution in [2.24, 2.45) is 0 Å². The second-order valence-corrected chi connectivity index (χ2v) is 1.65. The third kappa shape index (κ3) is 2.48. The van der Waals surface area contributed by atoms with Gasteiger partial charge < -0.3 is 0 Å². The van der Waals surface area contributed by atoms with Gasteiger partial charge in [-0.1, -0.05) is 0 Å². The molecule has 0 aliphatic heterocycles. The summed E-state index contributed by atoms with van der Waals surface area (Å²) >= 11 is 2.14. The van der Waals surface area contributed by atoms with Crippen LogP contribution in [0.15, 0.2) is 22.5 Å². The molecular weight excluding hydrogens is 73.9 g/mol. The molecule has 1 aliphatic carbocycles. The van der Waals surface area contributed by atoms with Crippen LogP contribution in [-0.2, 0) is 0 Å². The molecule has 0 aromatic rings. The molecule has 0 unspecified atom stereocenters. The molecule has 7 heavy (non-hydrogen) atoms. The SMILES string of the molecule is [LiH].[Li][C]1=CC=CC1. The van der Waals surface area contributed by atoms with Crippen LogP contribution in [0.2, 0.25) is 0 Å². The molecule has 0 saturated heterocycles. The zero-order valence-corrected chi connectivity index (χ0v) is 3.94. The molecule has 0 nitrogen and oxygen atoms in total. The average Bonchev–Trinajstić information content (AvgIpc) is 1.86. The number of hydrogen-bond donors (Lipinski definition) is 0. The van der Waals surface area contributed by atoms with Crippen LogP contribution in [0.25, 0.3) is 0 Å².